The fourth-order valence-corrected chi connectivity index (χ4v) is 2.66. The topological polar surface area (TPSA) is 119 Å². The van der Waals surface area contributed by atoms with Gasteiger partial charge in [-0.1, -0.05) is 0 Å². The minimum Gasteiger partial charge on any atom is -0.398 e. The van der Waals surface area contributed by atoms with Crippen LogP contribution in [0.2, 0.25) is 0 Å². The van der Waals surface area contributed by atoms with Gasteiger partial charge >= 0.3 is 0 Å². The average molecular weight is 284 g/mol. The van der Waals surface area contributed by atoms with Crippen LogP contribution in [0.5, 0.6) is 0 Å². The standard InChI is InChI=1S/C11H16N4O3S/c12-9-6-8(2-3-10(9)19(13,17)18)15-5-1-4-14-11(16)7-15/h2-3,6H,1,4-5,7,12H2,(H,14,16)(H2,13,17,18). The number of hydrogen-bond acceptors (Lipinski definition) is 5. The van der Waals surface area contributed by atoms with Gasteiger partial charge in [-0.05, 0) is 24.6 Å². The molecule has 0 spiro atoms. The summed E-state index contributed by atoms with van der Waals surface area (Å²) in [6.45, 7) is 1.57. The highest BCUT2D eigenvalue weighted by atomic mass is 32.2. The van der Waals surface area contributed by atoms with Crippen molar-refractivity contribution in [3.05, 3.63) is 18.2 Å². The van der Waals surface area contributed by atoms with Crippen LogP contribution in [-0.2, 0) is 14.8 Å². The molecule has 2 rings (SSSR count). The van der Waals surface area contributed by atoms with Gasteiger partial charge in [-0.3, -0.25) is 4.79 Å². The van der Waals surface area contributed by atoms with Gasteiger partial charge in [-0.25, -0.2) is 13.6 Å². The summed E-state index contributed by atoms with van der Waals surface area (Å²) in [6.07, 6.45) is 0.822. The number of carbonyl (C=O) groups is 1. The average Bonchev–Trinajstić information content (AvgIpc) is 2.52. The van der Waals surface area contributed by atoms with Crippen LogP contribution < -0.4 is 21.1 Å². The van der Waals surface area contributed by atoms with Crippen LogP contribution in [0.4, 0.5) is 11.4 Å². The number of nitrogens with two attached hydrogens (primary N) is 2. The van der Waals surface area contributed by atoms with E-state index in [9.17, 15) is 13.2 Å². The lowest BCUT2D eigenvalue weighted by molar-refractivity contribution is -0.119. The zero-order valence-electron chi connectivity index (χ0n) is 10.3. The first kappa shape index (κ1) is 13.6. The Hall–Kier alpha value is -1.80. The van der Waals surface area contributed by atoms with Crippen molar-refractivity contribution in [2.24, 2.45) is 5.14 Å². The SMILES string of the molecule is Nc1cc(N2CCCNC(=O)C2)ccc1S(N)(=O)=O. The highest BCUT2D eigenvalue weighted by Gasteiger charge is 2.18. The lowest BCUT2D eigenvalue weighted by atomic mass is 10.2. The largest absolute Gasteiger partial charge is 0.398 e. The van der Waals surface area contributed by atoms with Crippen molar-refractivity contribution >= 4 is 27.3 Å². The first-order chi connectivity index (χ1) is 8.88. The molecule has 0 saturated carbocycles. The number of nitrogens with one attached hydrogen (secondary N) is 1. The van der Waals surface area contributed by atoms with Crippen molar-refractivity contribution in [3.8, 4) is 0 Å². The molecule has 1 aromatic rings. The molecule has 0 radical (unpaired) electrons. The number of nitrogen functional groups attached to an aromatic ring is 1. The molecule has 0 bridgehead atoms. The molecule has 5 N–H and O–H groups in total. The van der Waals surface area contributed by atoms with Gasteiger partial charge in [0.05, 0.1) is 12.2 Å². The van der Waals surface area contributed by atoms with Crippen molar-refractivity contribution < 1.29 is 13.2 Å². The lowest BCUT2D eigenvalue weighted by Gasteiger charge is -2.22. The molecular weight excluding hydrogens is 268 g/mol. The van der Waals surface area contributed by atoms with Crippen LogP contribution in [0, 0.1) is 0 Å². The molecular formula is C11H16N4O3S. The fraction of sp³-hybridized carbons (Fsp3) is 0.364. The van der Waals surface area contributed by atoms with E-state index in [4.69, 9.17) is 10.9 Å². The van der Waals surface area contributed by atoms with Crippen LogP contribution in [0.25, 0.3) is 0 Å². The number of nitrogens with zero attached hydrogens (tertiary/aromatic N) is 1. The van der Waals surface area contributed by atoms with Crippen LogP contribution >= 0.6 is 0 Å². The van der Waals surface area contributed by atoms with Crippen molar-refractivity contribution in [3.63, 3.8) is 0 Å². The maximum atomic E-state index is 11.5. The second kappa shape index (κ2) is 5.06. The summed E-state index contributed by atoms with van der Waals surface area (Å²) in [7, 11) is -3.82. The summed E-state index contributed by atoms with van der Waals surface area (Å²) in [5, 5.41) is 7.81. The van der Waals surface area contributed by atoms with Crippen LogP contribution in [0.1, 0.15) is 6.42 Å². The molecule has 1 aliphatic rings. The smallest absolute Gasteiger partial charge is 0.240 e. The fourth-order valence-electron chi connectivity index (χ4n) is 2.02. The first-order valence-electron chi connectivity index (χ1n) is 5.82. The molecule has 0 aromatic heterocycles. The van der Waals surface area contributed by atoms with E-state index in [-0.39, 0.29) is 23.0 Å². The Morgan fingerprint density at radius 2 is 2.05 bits per heavy atom. The van der Waals surface area contributed by atoms with Gasteiger partial charge in [-0.2, -0.15) is 0 Å². The van der Waals surface area contributed by atoms with Crippen molar-refractivity contribution in [2.75, 3.05) is 30.3 Å². The van der Waals surface area contributed by atoms with Gasteiger partial charge < -0.3 is 16.0 Å². The van der Waals surface area contributed by atoms with Gasteiger partial charge in [0.2, 0.25) is 15.9 Å². The molecule has 0 aliphatic carbocycles. The summed E-state index contributed by atoms with van der Waals surface area (Å²) in [4.78, 5) is 13.2. The number of hydrogen-bond donors (Lipinski definition) is 3. The third-order valence-corrected chi connectivity index (χ3v) is 3.91. The van der Waals surface area contributed by atoms with Crippen LogP contribution in [0.15, 0.2) is 23.1 Å². The quantitative estimate of drug-likeness (QED) is 0.617. The summed E-state index contributed by atoms with van der Waals surface area (Å²) in [5.41, 5.74) is 6.50. The predicted octanol–water partition coefficient (Wildman–Crippen LogP) is -0.757. The molecule has 1 aliphatic heterocycles. The third kappa shape index (κ3) is 3.15. The Labute approximate surface area is 111 Å². The summed E-state index contributed by atoms with van der Waals surface area (Å²) >= 11 is 0. The van der Waals surface area contributed by atoms with Crippen molar-refractivity contribution in [1.29, 1.82) is 0 Å². The van der Waals surface area contributed by atoms with Crippen LogP contribution in [0.3, 0.4) is 0 Å². The highest BCUT2D eigenvalue weighted by Crippen LogP contribution is 2.24. The van der Waals surface area contributed by atoms with Crippen LogP contribution in [-0.4, -0.2) is 34.0 Å². The molecule has 1 amide bonds. The lowest BCUT2D eigenvalue weighted by Crippen LogP contribution is -2.33. The van der Waals surface area contributed by atoms with Gasteiger partial charge in [0.1, 0.15) is 4.90 Å². The Morgan fingerprint density at radius 3 is 2.68 bits per heavy atom. The maximum absolute atomic E-state index is 11.5. The zero-order chi connectivity index (χ0) is 14.0. The molecule has 8 heteroatoms. The Kier molecular flexibility index (Phi) is 3.63. The van der Waals surface area contributed by atoms with Gasteiger partial charge in [0, 0.05) is 18.8 Å². The highest BCUT2D eigenvalue weighted by molar-refractivity contribution is 7.89. The summed E-state index contributed by atoms with van der Waals surface area (Å²) < 4.78 is 22.5. The minimum atomic E-state index is -3.82. The number of amides is 1. The second-order valence-electron chi connectivity index (χ2n) is 4.39. The first-order valence-corrected chi connectivity index (χ1v) is 7.36. The van der Waals surface area contributed by atoms with E-state index in [1.807, 2.05) is 4.90 Å². The number of primary sulfonamides is 1. The van der Waals surface area contributed by atoms with Gasteiger partial charge in [0.25, 0.3) is 0 Å². The van der Waals surface area contributed by atoms with E-state index < -0.39 is 10.0 Å². The zero-order valence-corrected chi connectivity index (χ0v) is 11.1. The van der Waals surface area contributed by atoms with E-state index in [1.165, 1.54) is 12.1 Å². The Morgan fingerprint density at radius 1 is 1.32 bits per heavy atom. The Bertz CT molecular complexity index is 600. The van der Waals surface area contributed by atoms with E-state index in [1.54, 1.807) is 6.07 Å². The van der Waals surface area contributed by atoms with Gasteiger partial charge in [0.15, 0.2) is 0 Å². The normalized spacial score (nSPS) is 16.9. The molecule has 1 fully saturated rings. The van der Waals surface area contributed by atoms with Gasteiger partial charge in [-0.15, -0.1) is 0 Å². The molecule has 0 atom stereocenters. The minimum absolute atomic E-state index is 0.0633. The van der Waals surface area contributed by atoms with Crippen molar-refractivity contribution in [1.82, 2.24) is 5.32 Å². The number of carbonyl (C=O) groups excluding carboxylic acids is 1. The Balaban J connectivity index is 2.31. The van der Waals surface area contributed by atoms with E-state index in [2.05, 4.69) is 5.32 Å². The third-order valence-electron chi connectivity index (χ3n) is 2.93. The van der Waals surface area contributed by atoms with E-state index in [0.29, 0.717) is 18.8 Å². The summed E-state index contributed by atoms with van der Waals surface area (Å²) in [5.74, 6) is -0.0633. The molecule has 1 heterocycles. The molecule has 19 heavy (non-hydrogen) atoms. The molecule has 7 nitrogen and oxygen atoms in total. The van der Waals surface area contributed by atoms with Crippen molar-refractivity contribution in [2.45, 2.75) is 11.3 Å². The maximum Gasteiger partial charge on any atom is 0.240 e. The predicted molar refractivity (Wildman–Crippen MR) is 72.1 cm³/mol. The number of rotatable bonds is 2. The number of anilines is 2. The molecule has 1 aromatic carbocycles. The number of sulfonamides is 1. The van der Waals surface area contributed by atoms with E-state index >= 15 is 0 Å². The second-order valence-corrected chi connectivity index (χ2v) is 5.92. The number of benzene rings is 1. The monoisotopic (exact) mass is 284 g/mol. The molecule has 1 saturated heterocycles. The summed E-state index contributed by atoms with van der Waals surface area (Å²) in [6, 6.07) is 4.50. The molecule has 0 unspecified atom stereocenters. The van der Waals surface area contributed by atoms with E-state index in [0.717, 1.165) is 6.42 Å². The molecule has 104 valence electrons.